The van der Waals surface area contributed by atoms with E-state index in [0.29, 0.717) is 34.9 Å². The summed E-state index contributed by atoms with van der Waals surface area (Å²) < 4.78 is 10.6. The molecule has 1 amide bonds. The highest BCUT2D eigenvalue weighted by Crippen LogP contribution is 2.20. The van der Waals surface area contributed by atoms with E-state index in [4.69, 9.17) is 8.83 Å². The van der Waals surface area contributed by atoms with Gasteiger partial charge in [0, 0.05) is 24.1 Å². The minimum atomic E-state index is -0.526. The van der Waals surface area contributed by atoms with Crippen molar-refractivity contribution in [3.8, 4) is 11.3 Å². The van der Waals surface area contributed by atoms with Crippen LogP contribution in [0.25, 0.3) is 22.4 Å². The van der Waals surface area contributed by atoms with Crippen LogP contribution in [-0.4, -0.2) is 15.9 Å². The number of benzene rings is 2. The zero-order valence-corrected chi connectivity index (χ0v) is 13.7. The molecule has 2 aromatic heterocycles. The summed E-state index contributed by atoms with van der Waals surface area (Å²) in [5, 5.41) is 2.78. The van der Waals surface area contributed by atoms with Crippen LogP contribution in [0.15, 0.2) is 68.4 Å². The van der Waals surface area contributed by atoms with Crippen LogP contribution < -0.4 is 11.1 Å². The van der Waals surface area contributed by atoms with Gasteiger partial charge in [-0.15, -0.1) is 0 Å². The molecule has 0 fully saturated rings. The number of rotatable bonds is 5. The van der Waals surface area contributed by atoms with Crippen molar-refractivity contribution < 1.29 is 13.6 Å². The number of H-pyrrole nitrogens is 1. The lowest BCUT2D eigenvalue weighted by molar-refractivity contribution is -0.116. The third-order valence-electron chi connectivity index (χ3n) is 3.88. The van der Waals surface area contributed by atoms with Gasteiger partial charge in [0.2, 0.25) is 5.91 Å². The molecule has 0 aliphatic rings. The summed E-state index contributed by atoms with van der Waals surface area (Å²) in [5.41, 5.74) is 2.50. The van der Waals surface area contributed by atoms with Gasteiger partial charge in [0.15, 0.2) is 17.2 Å². The van der Waals surface area contributed by atoms with Crippen LogP contribution in [0.1, 0.15) is 12.3 Å². The molecule has 2 heterocycles. The van der Waals surface area contributed by atoms with Gasteiger partial charge >= 0.3 is 5.76 Å². The van der Waals surface area contributed by atoms with Gasteiger partial charge in [-0.3, -0.25) is 9.78 Å². The monoisotopic (exact) mass is 349 g/mol. The summed E-state index contributed by atoms with van der Waals surface area (Å²) in [6.45, 7) is 0. The molecule has 0 aliphatic heterocycles. The molecule has 0 radical (unpaired) electrons. The molecule has 130 valence electrons. The van der Waals surface area contributed by atoms with Gasteiger partial charge in [0.1, 0.15) is 0 Å². The number of nitrogens with zero attached hydrogens (tertiary/aromatic N) is 1. The SMILES string of the molecule is O=C(CCc1ncc(-c2ccccc2)o1)Nc1ccc2oc(=O)[nH]c2c1. The lowest BCUT2D eigenvalue weighted by atomic mass is 10.2. The van der Waals surface area contributed by atoms with Crippen molar-refractivity contribution in [3.05, 3.63) is 71.2 Å². The zero-order chi connectivity index (χ0) is 17.9. The fraction of sp³-hybridized carbons (Fsp3) is 0.105. The lowest BCUT2D eigenvalue weighted by Gasteiger charge is -2.04. The second-order valence-electron chi connectivity index (χ2n) is 5.76. The fourth-order valence-corrected chi connectivity index (χ4v) is 2.64. The summed E-state index contributed by atoms with van der Waals surface area (Å²) in [5.74, 6) is 0.486. The summed E-state index contributed by atoms with van der Waals surface area (Å²) in [6, 6.07) is 14.6. The van der Waals surface area contributed by atoms with Crippen molar-refractivity contribution in [3.63, 3.8) is 0 Å². The predicted molar refractivity (Wildman–Crippen MR) is 95.7 cm³/mol. The van der Waals surface area contributed by atoms with Crippen molar-refractivity contribution in [2.75, 3.05) is 5.32 Å². The first-order valence-corrected chi connectivity index (χ1v) is 8.10. The molecule has 4 aromatic rings. The average molecular weight is 349 g/mol. The molecular formula is C19H15N3O4. The van der Waals surface area contributed by atoms with Crippen LogP contribution in [0, 0.1) is 0 Å². The summed E-state index contributed by atoms with van der Waals surface area (Å²) in [7, 11) is 0. The van der Waals surface area contributed by atoms with E-state index >= 15 is 0 Å². The summed E-state index contributed by atoms with van der Waals surface area (Å²) >= 11 is 0. The quantitative estimate of drug-likeness (QED) is 0.575. The number of hydrogen-bond acceptors (Lipinski definition) is 5. The largest absolute Gasteiger partial charge is 0.441 e. The van der Waals surface area contributed by atoms with Crippen LogP contribution in [0.3, 0.4) is 0 Å². The Balaban J connectivity index is 1.37. The number of hydrogen-bond donors (Lipinski definition) is 2. The number of nitrogens with one attached hydrogen (secondary N) is 2. The molecule has 0 bridgehead atoms. The summed E-state index contributed by atoms with van der Waals surface area (Å²) in [4.78, 5) is 30.1. The standard InChI is InChI=1S/C19H15N3O4/c23-17(21-13-6-7-15-14(10-13)22-19(24)26-15)8-9-18-20-11-16(25-18)12-4-2-1-3-5-12/h1-7,10-11H,8-9H2,(H,21,23)(H,22,24). The zero-order valence-electron chi connectivity index (χ0n) is 13.7. The Hall–Kier alpha value is -3.61. The Morgan fingerprint density at radius 3 is 2.81 bits per heavy atom. The number of aromatic nitrogens is 2. The number of aryl methyl sites for hydroxylation is 1. The smallest absolute Gasteiger partial charge is 0.417 e. The molecule has 0 atom stereocenters. The van der Waals surface area contributed by atoms with E-state index in [0.717, 1.165) is 5.56 Å². The van der Waals surface area contributed by atoms with Crippen LogP contribution in [0.5, 0.6) is 0 Å². The van der Waals surface area contributed by atoms with Gasteiger partial charge < -0.3 is 14.2 Å². The molecule has 7 nitrogen and oxygen atoms in total. The molecule has 7 heteroatoms. The topological polar surface area (TPSA) is 101 Å². The number of anilines is 1. The van der Waals surface area contributed by atoms with Gasteiger partial charge in [-0.2, -0.15) is 0 Å². The molecular weight excluding hydrogens is 334 g/mol. The third kappa shape index (κ3) is 3.41. The number of amides is 1. The van der Waals surface area contributed by atoms with E-state index in [2.05, 4.69) is 15.3 Å². The van der Waals surface area contributed by atoms with Crippen molar-refractivity contribution in [2.24, 2.45) is 0 Å². The Bertz CT molecular complexity index is 1110. The highest BCUT2D eigenvalue weighted by atomic mass is 16.4. The van der Waals surface area contributed by atoms with Gasteiger partial charge in [-0.05, 0) is 18.2 Å². The minimum Gasteiger partial charge on any atom is -0.441 e. The lowest BCUT2D eigenvalue weighted by Crippen LogP contribution is -2.12. The fourth-order valence-electron chi connectivity index (χ4n) is 2.64. The van der Waals surface area contributed by atoms with Crippen molar-refractivity contribution >= 4 is 22.7 Å². The van der Waals surface area contributed by atoms with Crippen molar-refractivity contribution in [1.82, 2.24) is 9.97 Å². The van der Waals surface area contributed by atoms with Gasteiger partial charge in [0.05, 0.1) is 11.7 Å². The maximum Gasteiger partial charge on any atom is 0.417 e. The molecule has 0 saturated heterocycles. The van der Waals surface area contributed by atoms with E-state index in [1.165, 1.54) is 0 Å². The van der Waals surface area contributed by atoms with Crippen LogP contribution in [-0.2, 0) is 11.2 Å². The maximum atomic E-state index is 12.1. The van der Waals surface area contributed by atoms with Gasteiger partial charge in [0.25, 0.3) is 0 Å². The van der Waals surface area contributed by atoms with Crippen LogP contribution in [0.2, 0.25) is 0 Å². The second-order valence-corrected chi connectivity index (χ2v) is 5.76. The predicted octanol–water partition coefficient (Wildman–Crippen LogP) is 3.35. The summed E-state index contributed by atoms with van der Waals surface area (Å²) in [6.07, 6.45) is 2.28. The number of carbonyl (C=O) groups is 1. The maximum absolute atomic E-state index is 12.1. The number of fused-ring (bicyclic) bond motifs is 1. The van der Waals surface area contributed by atoms with Crippen LogP contribution >= 0.6 is 0 Å². The molecule has 2 aromatic carbocycles. The molecule has 2 N–H and O–H groups in total. The molecule has 26 heavy (non-hydrogen) atoms. The molecule has 4 rings (SSSR count). The molecule has 0 unspecified atom stereocenters. The van der Waals surface area contributed by atoms with Crippen LogP contribution in [0.4, 0.5) is 5.69 Å². The normalized spacial score (nSPS) is 10.9. The van der Waals surface area contributed by atoms with E-state index in [-0.39, 0.29) is 12.3 Å². The Labute approximate surface area is 147 Å². The van der Waals surface area contributed by atoms with E-state index in [1.807, 2.05) is 30.3 Å². The molecule has 0 spiro atoms. The highest BCUT2D eigenvalue weighted by Gasteiger charge is 2.10. The third-order valence-corrected chi connectivity index (χ3v) is 3.88. The van der Waals surface area contributed by atoms with E-state index in [1.54, 1.807) is 24.4 Å². The first-order valence-electron chi connectivity index (χ1n) is 8.10. The molecule has 0 saturated carbocycles. The van der Waals surface area contributed by atoms with Crippen molar-refractivity contribution in [1.29, 1.82) is 0 Å². The number of aromatic amines is 1. The first-order chi connectivity index (χ1) is 12.7. The van der Waals surface area contributed by atoms with Crippen molar-refractivity contribution in [2.45, 2.75) is 12.8 Å². The van der Waals surface area contributed by atoms with Gasteiger partial charge in [-0.25, -0.2) is 9.78 Å². The Morgan fingerprint density at radius 1 is 1.12 bits per heavy atom. The Morgan fingerprint density at radius 2 is 1.96 bits per heavy atom. The van der Waals surface area contributed by atoms with E-state index < -0.39 is 5.76 Å². The number of oxazole rings is 2. The first kappa shape index (κ1) is 15.9. The number of carbonyl (C=O) groups excluding carboxylic acids is 1. The average Bonchev–Trinajstić information content (AvgIpc) is 3.26. The second kappa shape index (κ2) is 6.72. The van der Waals surface area contributed by atoms with E-state index in [9.17, 15) is 9.59 Å². The van der Waals surface area contributed by atoms with Gasteiger partial charge in [-0.1, -0.05) is 30.3 Å². The minimum absolute atomic E-state index is 0.172. The molecule has 0 aliphatic carbocycles. The highest BCUT2D eigenvalue weighted by molar-refractivity contribution is 5.92. The Kier molecular flexibility index (Phi) is 4.10.